The normalized spacial score (nSPS) is 14.1. The predicted octanol–water partition coefficient (Wildman–Crippen LogP) is 4.58. The van der Waals surface area contributed by atoms with Gasteiger partial charge in [-0.05, 0) is 49.3 Å². The number of nitrogens with one attached hydrogen (secondary N) is 2. The van der Waals surface area contributed by atoms with Crippen molar-refractivity contribution in [1.82, 2.24) is 10.4 Å². The molecule has 0 unspecified atom stereocenters. The second-order valence-electron chi connectivity index (χ2n) is 7.30. The van der Waals surface area contributed by atoms with Crippen molar-refractivity contribution >= 4 is 45.7 Å². The van der Waals surface area contributed by atoms with Gasteiger partial charge in [-0.3, -0.25) is 5.43 Å². The second-order valence-corrected chi connectivity index (χ2v) is 8.72. The molecule has 1 saturated heterocycles. The molecule has 1 fully saturated rings. The molecule has 0 amide bonds. The number of aromatic nitrogens is 1. The van der Waals surface area contributed by atoms with Crippen LogP contribution in [0.25, 0.3) is 11.3 Å². The van der Waals surface area contributed by atoms with Gasteiger partial charge in [0.2, 0.25) is 0 Å². The standard InChI is InChI=1S/C23H25N5OS2/c1-16-8-9-19(14-17(16)2)25-22(30)27-24-15-20-21(18-6-4-3-5-7-18)26-23(31-20)28-10-12-29-13-11-28/h3-9,14-15H,10-13H2,1-2H3,(H2,25,27,30)/b24-15-. The average molecular weight is 452 g/mol. The van der Waals surface area contributed by atoms with Gasteiger partial charge in [-0.2, -0.15) is 5.10 Å². The first-order chi connectivity index (χ1) is 15.1. The lowest BCUT2D eigenvalue weighted by molar-refractivity contribution is 0.122. The smallest absolute Gasteiger partial charge is 0.191 e. The van der Waals surface area contributed by atoms with Gasteiger partial charge in [0, 0.05) is 24.3 Å². The maximum atomic E-state index is 5.47. The summed E-state index contributed by atoms with van der Waals surface area (Å²) in [7, 11) is 0. The Balaban J connectivity index is 1.49. The van der Waals surface area contributed by atoms with Crippen molar-refractivity contribution in [2.24, 2.45) is 5.10 Å². The zero-order valence-corrected chi connectivity index (χ0v) is 19.2. The number of ether oxygens (including phenoxy) is 1. The number of nitrogens with zero attached hydrogens (tertiary/aromatic N) is 3. The number of benzene rings is 2. The van der Waals surface area contributed by atoms with E-state index in [-0.39, 0.29) is 0 Å². The molecule has 0 atom stereocenters. The minimum absolute atomic E-state index is 0.443. The monoisotopic (exact) mass is 451 g/mol. The fourth-order valence-corrected chi connectivity index (χ4v) is 4.41. The summed E-state index contributed by atoms with van der Waals surface area (Å²) in [5, 5.41) is 8.97. The number of hydrogen-bond donors (Lipinski definition) is 2. The highest BCUT2D eigenvalue weighted by molar-refractivity contribution is 7.80. The molecule has 2 N–H and O–H groups in total. The van der Waals surface area contributed by atoms with Crippen molar-refractivity contribution in [1.29, 1.82) is 0 Å². The zero-order chi connectivity index (χ0) is 21.6. The number of rotatable bonds is 5. The van der Waals surface area contributed by atoms with Crippen LogP contribution >= 0.6 is 23.6 Å². The quantitative estimate of drug-likeness (QED) is 0.336. The molecule has 0 radical (unpaired) electrons. The Morgan fingerprint density at radius 2 is 1.90 bits per heavy atom. The van der Waals surface area contributed by atoms with Gasteiger partial charge >= 0.3 is 0 Å². The first-order valence-corrected chi connectivity index (χ1v) is 11.4. The number of morpholine rings is 1. The highest BCUT2D eigenvalue weighted by atomic mass is 32.1. The van der Waals surface area contributed by atoms with Gasteiger partial charge in [0.1, 0.15) is 0 Å². The van der Waals surface area contributed by atoms with Crippen molar-refractivity contribution in [3.63, 3.8) is 0 Å². The van der Waals surface area contributed by atoms with Gasteiger partial charge in [0.25, 0.3) is 0 Å². The summed E-state index contributed by atoms with van der Waals surface area (Å²) in [5.74, 6) is 0. The Hall–Kier alpha value is -2.81. The van der Waals surface area contributed by atoms with Crippen molar-refractivity contribution < 1.29 is 4.74 Å². The minimum atomic E-state index is 0.443. The van der Waals surface area contributed by atoms with Gasteiger partial charge in [0.05, 0.1) is 30.0 Å². The van der Waals surface area contributed by atoms with Crippen molar-refractivity contribution in [3.8, 4) is 11.3 Å². The summed E-state index contributed by atoms with van der Waals surface area (Å²) < 4.78 is 5.47. The molecule has 0 aliphatic carbocycles. The van der Waals surface area contributed by atoms with E-state index in [9.17, 15) is 0 Å². The lowest BCUT2D eigenvalue weighted by atomic mass is 10.1. The molecular weight excluding hydrogens is 426 g/mol. The molecule has 1 aliphatic rings. The molecule has 2 aromatic carbocycles. The van der Waals surface area contributed by atoms with E-state index >= 15 is 0 Å². The molecule has 2 heterocycles. The molecule has 8 heteroatoms. The Morgan fingerprint density at radius 3 is 2.65 bits per heavy atom. The van der Waals surface area contributed by atoms with Crippen molar-refractivity contribution in [2.75, 3.05) is 36.5 Å². The SMILES string of the molecule is Cc1ccc(NC(=S)N/N=C\c2sc(N3CCOCC3)nc2-c2ccccc2)cc1C. The number of hydrazone groups is 1. The molecule has 0 bridgehead atoms. The molecule has 4 rings (SSSR count). The number of hydrogen-bond acceptors (Lipinski definition) is 6. The van der Waals surface area contributed by atoms with Crippen LogP contribution in [0.2, 0.25) is 0 Å². The van der Waals surface area contributed by atoms with Crippen molar-refractivity contribution in [2.45, 2.75) is 13.8 Å². The van der Waals surface area contributed by atoms with Crippen LogP contribution < -0.4 is 15.6 Å². The lowest BCUT2D eigenvalue weighted by Gasteiger charge is -2.26. The van der Waals surface area contributed by atoms with Crippen LogP contribution in [0, 0.1) is 13.8 Å². The molecule has 1 aromatic heterocycles. The van der Waals surface area contributed by atoms with Crippen molar-refractivity contribution in [3.05, 3.63) is 64.5 Å². The van der Waals surface area contributed by atoms with Crippen LogP contribution in [0.5, 0.6) is 0 Å². The first-order valence-electron chi connectivity index (χ1n) is 10.2. The summed E-state index contributed by atoms with van der Waals surface area (Å²) in [4.78, 5) is 8.15. The Kier molecular flexibility index (Phi) is 6.91. The largest absolute Gasteiger partial charge is 0.378 e. The maximum absolute atomic E-state index is 5.47. The summed E-state index contributed by atoms with van der Waals surface area (Å²) in [6, 6.07) is 16.3. The van der Waals surface area contributed by atoms with Gasteiger partial charge in [-0.25, -0.2) is 4.98 Å². The number of anilines is 2. The fourth-order valence-electron chi connectivity index (χ4n) is 3.23. The van der Waals surface area contributed by atoms with E-state index in [1.165, 1.54) is 11.1 Å². The summed E-state index contributed by atoms with van der Waals surface area (Å²) in [6.45, 7) is 7.31. The Bertz CT molecular complexity index is 1070. The molecule has 0 saturated carbocycles. The van der Waals surface area contributed by atoms with E-state index in [1.54, 1.807) is 17.6 Å². The van der Waals surface area contributed by atoms with Crippen LogP contribution in [0.1, 0.15) is 16.0 Å². The molecule has 160 valence electrons. The van der Waals surface area contributed by atoms with Crippen LogP contribution in [-0.2, 0) is 4.74 Å². The second kappa shape index (κ2) is 10.00. The van der Waals surface area contributed by atoms with E-state index in [2.05, 4.69) is 58.9 Å². The van der Waals surface area contributed by atoms with E-state index < -0.39 is 0 Å². The third kappa shape index (κ3) is 5.46. The van der Waals surface area contributed by atoms with Gasteiger partial charge in [-0.15, -0.1) is 0 Å². The molecule has 31 heavy (non-hydrogen) atoms. The van der Waals surface area contributed by atoms with Gasteiger partial charge in [-0.1, -0.05) is 47.7 Å². The Labute approximate surface area is 192 Å². The third-order valence-electron chi connectivity index (χ3n) is 5.08. The lowest BCUT2D eigenvalue weighted by Crippen LogP contribution is -2.36. The summed E-state index contributed by atoms with van der Waals surface area (Å²) in [6.07, 6.45) is 1.79. The Morgan fingerprint density at radius 1 is 1.13 bits per heavy atom. The van der Waals surface area contributed by atoms with Gasteiger partial charge < -0.3 is 15.0 Å². The average Bonchev–Trinajstić information content (AvgIpc) is 3.22. The molecular formula is C23H25N5OS2. The molecule has 0 spiro atoms. The van der Waals surface area contributed by atoms with E-state index in [0.29, 0.717) is 5.11 Å². The van der Waals surface area contributed by atoms with E-state index in [0.717, 1.165) is 53.3 Å². The third-order valence-corrected chi connectivity index (χ3v) is 6.33. The number of thiazole rings is 1. The van der Waals surface area contributed by atoms with Gasteiger partial charge in [0.15, 0.2) is 10.2 Å². The minimum Gasteiger partial charge on any atom is -0.378 e. The topological polar surface area (TPSA) is 61.8 Å². The van der Waals surface area contributed by atoms with Crippen LogP contribution in [0.15, 0.2) is 53.6 Å². The fraction of sp³-hybridized carbons (Fsp3) is 0.261. The van der Waals surface area contributed by atoms with E-state index in [4.69, 9.17) is 21.9 Å². The summed E-state index contributed by atoms with van der Waals surface area (Å²) >= 11 is 7.02. The highest BCUT2D eigenvalue weighted by Gasteiger charge is 2.18. The molecule has 3 aromatic rings. The maximum Gasteiger partial charge on any atom is 0.191 e. The molecule has 1 aliphatic heterocycles. The summed E-state index contributed by atoms with van der Waals surface area (Å²) in [5.41, 5.74) is 8.30. The predicted molar refractivity (Wildman–Crippen MR) is 133 cm³/mol. The number of aryl methyl sites for hydroxylation is 2. The zero-order valence-electron chi connectivity index (χ0n) is 17.6. The van der Waals surface area contributed by atoms with Crippen LogP contribution in [0.4, 0.5) is 10.8 Å². The number of thiocarbonyl (C=S) groups is 1. The van der Waals surface area contributed by atoms with E-state index in [1.807, 2.05) is 24.3 Å². The first kappa shape index (κ1) is 21.4. The highest BCUT2D eigenvalue weighted by Crippen LogP contribution is 2.32. The molecule has 6 nitrogen and oxygen atoms in total. The van der Waals surface area contributed by atoms with Crippen LogP contribution in [0.3, 0.4) is 0 Å². The van der Waals surface area contributed by atoms with Crippen LogP contribution in [-0.4, -0.2) is 42.6 Å².